The van der Waals surface area contributed by atoms with Crippen molar-refractivity contribution in [2.45, 2.75) is 102 Å². The molecular formula is C19H36N2O. The molecule has 0 radical (unpaired) electrons. The highest BCUT2D eigenvalue weighted by molar-refractivity contribution is 4.93. The van der Waals surface area contributed by atoms with Gasteiger partial charge in [-0.2, -0.15) is 0 Å². The molecular weight excluding hydrogens is 272 g/mol. The van der Waals surface area contributed by atoms with Crippen molar-refractivity contribution in [3.8, 4) is 0 Å². The van der Waals surface area contributed by atoms with Crippen molar-refractivity contribution in [2.75, 3.05) is 13.1 Å². The number of hydrogen-bond donors (Lipinski definition) is 2. The first kappa shape index (κ1) is 16.7. The van der Waals surface area contributed by atoms with Crippen LogP contribution in [0, 0.1) is 5.41 Å². The second kappa shape index (κ2) is 7.19. The van der Waals surface area contributed by atoms with E-state index in [9.17, 15) is 5.11 Å². The van der Waals surface area contributed by atoms with Gasteiger partial charge in [-0.3, -0.25) is 4.90 Å². The summed E-state index contributed by atoms with van der Waals surface area (Å²) in [7, 11) is 0. The van der Waals surface area contributed by atoms with Gasteiger partial charge in [0.05, 0.1) is 6.10 Å². The monoisotopic (exact) mass is 308 g/mol. The first-order valence-corrected chi connectivity index (χ1v) is 9.74. The molecule has 3 nitrogen and oxygen atoms in total. The lowest BCUT2D eigenvalue weighted by Crippen LogP contribution is -2.55. The van der Waals surface area contributed by atoms with Crippen LogP contribution in [0.15, 0.2) is 0 Å². The van der Waals surface area contributed by atoms with Gasteiger partial charge in [-0.05, 0) is 43.9 Å². The molecule has 0 aromatic heterocycles. The summed E-state index contributed by atoms with van der Waals surface area (Å²) in [6.45, 7) is 7.23. The second-order valence-corrected chi connectivity index (χ2v) is 8.68. The summed E-state index contributed by atoms with van der Waals surface area (Å²) < 4.78 is 0. The van der Waals surface area contributed by atoms with Crippen LogP contribution in [0.1, 0.15) is 78.1 Å². The minimum Gasteiger partial charge on any atom is -0.391 e. The molecule has 1 saturated heterocycles. The third-order valence-corrected chi connectivity index (χ3v) is 6.64. The molecule has 2 N–H and O–H groups in total. The van der Waals surface area contributed by atoms with Gasteiger partial charge < -0.3 is 10.4 Å². The number of likely N-dealkylation sites (tertiary alicyclic amines) is 1. The van der Waals surface area contributed by atoms with Gasteiger partial charge in [0.15, 0.2) is 0 Å². The zero-order valence-electron chi connectivity index (χ0n) is 14.7. The summed E-state index contributed by atoms with van der Waals surface area (Å²) in [6, 6.07) is 1.85. The molecule has 3 unspecified atom stereocenters. The largest absolute Gasteiger partial charge is 0.391 e. The summed E-state index contributed by atoms with van der Waals surface area (Å²) in [4.78, 5) is 2.58. The van der Waals surface area contributed by atoms with E-state index in [0.717, 1.165) is 6.42 Å². The molecule has 3 aliphatic rings. The second-order valence-electron chi connectivity index (χ2n) is 8.68. The Kier molecular flexibility index (Phi) is 5.47. The predicted octanol–water partition coefficient (Wildman–Crippen LogP) is 3.31. The van der Waals surface area contributed by atoms with Gasteiger partial charge >= 0.3 is 0 Å². The third-order valence-electron chi connectivity index (χ3n) is 6.64. The molecule has 0 amide bonds. The molecule has 2 aliphatic carbocycles. The van der Waals surface area contributed by atoms with Gasteiger partial charge in [-0.15, -0.1) is 0 Å². The summed E-state index contributed by atoms with van der Waals surface area (Å²) >= 11 is 0. The maximum Gasteiger partial charge on any atom is 0.0695 e. The van der Waals surface area contributed by atoms with Gasteiger partial charge in [-0.25, -0.2) is 0 Å². The van der Waals surface area contributed by atoms with E-state index in [-0.39, 0.29) is 6.10 Å². The maximum atomic E-state index is 10.3. The van der Waals surface area contributed by atoms with Crippen molar-refractivity contribution < 1.29 is 5.11 Å². The third kappa shape index (κ3) is 3.85. The van der Waals surface area contributed by atoms with Gasteiger partial charge in [0, 0.05) is 31.2 Å². The Morgan fingerprint density at radius 3 is 2.27 bits per heavy atom. The van der Waals surface area contributed by atoms with E-state index >= 15 is 0 Å². The zero-order valence-corrected chi connectivity index (χ0v) is 14.7. The first-order valence-electron chi connectivity index (χ1n) is 9.74. The van der Waals surface area contributed by atoms with Crippen LogP contribution in [-0.2, 0) is 0 Å². The smallest absolute Gasteiger partial charge is 0.0695 e. The molecule has 22 heavy (non-hydrogen) atoms. The summed E-state index contributed by atoms with van der Waals surface area (Å²) in [5, 5.41) is 14.3. The number of piperidine rings is 1. The lowest BCUT2D eigenvalue weighted by atomic mass is 9.73. The van der Waals surface area contributed by atoms with Crippen LogP contribution in [0.4, 0.5) is 0 Å². The number of aliphatic hydroxyl groups is 1. The zero-order chi connectivity index (χ0) is 15.6. The number of hydrogen-bond acceptors (Lipinski definition) is 3. The minimum absolute atomic E-state index is 0.0736. The van der Waals surface area contributed by atoms with Crippen LogP contribution in [0.2, 0.25) is 0 Å². The van der Waals surface area contributed by atoms with Crippen LogP contribution in [-0.4, -0.2) is 47.3 Å². The molecule has 3 fully saturated rings. The lowest BCUT2D eigenvalue weighted by Gasteiger charge is -2.45. The molecule has 0 aromatic carbocycles. The van der Waals surface area contributed by atoms with Crippen LogP contribution < -0.4 is 5.32 Å². The highest BCUT2D eigenvalue weighted by atomic mass is 16.3. The van der Waals surface area contributed by atoms with E-state index in [0.29, 0.717) is 23.5 Å². The van der Waals surface area contributed by atoms with Crippen molar-refractivity contribution in [2.24, 2.45) is 5.41 Å². The average Bonchev–Trinajstić information content (AvgIpc) is 2.51. The standard InChI is InChI=1S/C19H36N2O/c1-19(2)12-6-5-9-18(19)20-15-10-13-21(14-11-15)16-7-3-4-8-17(16)22/h15-18,20,22H,3-14H2,1-2H3. The normalized spacial score (nSPS) is 38.0. The van der Waals surface area contributed by atoms with E-state index in [2.05, 4.69) is 24.1 Å². The van der Waals surface area contributed by atoms with Gasteiger partial charge in [0.25, 0.3) is 0 Å². The van der Waals surface area contributed by atoms with Crippen LogP contribution >= 0.6 is 0 Å². The van der Waals surface area contributed by atoms with E-state index in [1.165, 1.54) is 70.9 Å². The Balaban J connectivity index is 1.47. The van der Waals surface area contributed by atoms with Crippen LogP contribution in [0.25, 0.3) is 0 Å². The van der Waals surface area contributed by atoms with Crippen molar-refractivity contribution in [1.82, 2.24) is 10.2 Å². The van der Waals surface area contributed by atoms with Crippen molar-refractivity contribution >= 4 is 0 Å². The summed E-state index contributed by atoms with van der Waals surface area (Å²) in [5.41, 5.74) is 0.467. The Hall–Kier alpha value is -0.120. The van der Waals surface area contributed by atoms with E-state index in [1.54, 1.807) is 0 Å². The highest BCUT2D eigenvalue weighted by Crippen LogP contribution is 2.36. The SMILES string of the molecule is CC1(C)CCCCC1NC1CCN(C2CCCCC2O)CC1. The highest BCUT2D eigenvalue weighted by Gasteiger charge is 2.35. The molecule has 0 spiro atoms. The van der Waals surface area contributed by atoms with Crippen molar-refractivity contribution in [3.63, 3.8) is 0 Å². The van der Waals surface area contributed by atoms with Crippen molar-refractivity contribution in [3.05, 3.63) is 0 Å². The molecule has 0 aromatic rings. The Morgan fingerprint density at radius 2 is 1.59 bits per heavy atom. The minimum atomic E-state index is -0.0736. The topological polar surface area (TPSA) is 35.5 Å². The van der Waals surface area contributed by atoms with Crippen LogP contribution in [0.5, 0.6) is 0 Å². The van der Waals surface area contributed by atoms with Gasteiger partial charge in [0.1, 0.15) is 0 Å². The number of rotatable bonds is 3. The van der Waals surface area contributed by atoms with E-state index in [4.69, 9.17) is 0 Å². The molecule has 1 aliphatic heterocycles. The number of nitrogens with one attached hydrogen (secondary N) is 1. The van der Waals surface area contributed by atoms with E-state index < -0.39 is 0 Å². The summed E-state index contributed by atoms with van der Waals surface area (Å²) in [5.74, 6) is 0. The number of nitrogens with zero attached hydrogens (tertiary/aromatic N) is 1. The Labute approximate surface area is 136 Å². The van der Waals surface area contributed by atoms with Crippen LogP contribution in [0.3, 0.4) is 0 Å². The number of aliphatic hydroxyl groups excluding tert-OH is 1. The summed E-state index contributed by atoms with van der Waals surface area (Å²) in [6.07, 6.45) is 12.7. The van der Waals surface area contributed by atoms with Gasteiger partial charge in [0.2, 0.25) is 0 Å². The Morgan fingerprint density at radius 1 is 0.909 bits per heavy atom. The molecule has 3 atom stereocenters. The fourth-order valence-corrected chi connectivity index (χ4v) is 5.00. The average molecular weight is 309 g/mol. The lowest BCUT2D eigenvalue weighted by molar-refractivity contribution is 0.00475. The molecule has 0 bridgehead atoms. The fraction of sp³-hybridized carbons (Fsp3) is 1.00. The molecule has 3 rings (SSSR count). The molecule has 1 heterocycles. The molecule has 128 valence electrons. The van der Waals surface area contributed by atoms with Crippen molar-refractivity contribution in [1.29, 1.82) is 0 Å². The maximum absolute atomic E-state index is 10.3. The van der Waals surface area contributed by atoms with Gasteiger partial charge in [-0.1, -0.05) is 39.5 Å². The quantitative estimate of drug-likeness (QED) is 0.839. The first-order chi connectivity index (χ1) is 10.6. The Bertz CT molecular complexity index is 349. The predicted molar refractivity (Wildman–Crippen MR) is 92.0 cm³/mol. The molecule has 2 saturated carbocycles. The van der Waals surface area contributed by atoms with E-state index in [1.807, 2.05) is 0 Å². The fourth-order valence-electron chi connectivity index (χ4n) is 5.00. The molecule has 3 heteroatoms.